The lowest BCUT2D eigenvalue weighted by Gasteiger charge is -2.42. The molecule has 0 radical (unpaired) electrons. The minimum Gasteiger partial charge on any atom is -0.244 e. The molecule has 1 saturated heterocycles. The highest BCUT2D eigenvalue weighted by Gasteiger charge is 2.38. The molecular weight excluding hydrogens is 212 g/mol. The molecule has 1 rings (SSSR count). The highest BCUT2D eigenvalue weighted by atomic mass is 33.1. The van der Waals surface area contributed by atoms with Crippen molar-refractivity contribution in [3.05, 3.63) is 0 Å². The summed E-state index contributed by atoms with van der Waals surface area (Å²) < 4.78 is 5.02. The Balaban J connectivity index is 2.75. The van der Waals surface area contributed by atoms with Crippen LogP contribution in [0.3, 0.4) is 0 Å². The van der Waals surface area contributed by atoms with Gasteiger partial charge in [-0.15, -0.1) is 11.7 Å². The van der Waals surface area contributed by atoms with Gasteiger partial charge in [0, 0.05) is 24.2 Å². The summed E-state index contributed by atoms with van der Waals surface area (Å²) in [5, 5.41) is 0. The van der Waals surface area contributed by atoms with Crippen LogP contribution in [0.15, 0.2) is 0 Å². The molecule has 1 aliphatic heterocycles. The quantitative estimate of drug-likeness (QED) is 0.493. The Bertz CT molecular complexity index is 183. The highest BCUT2D eigenvalue weighted by molar-refractivity contribution is 8.76. The topological polar surface area (TPSA) is 6.48 Å². The van der Waals surface area contributed by atoms with Crippen LogP contribution < -0.4 is 0 Å². The third kappa shape index (κ3) is 2.60. The Morgan fingerprint density at radius 1 is 0.857 bits per heavy atom. The van der Waals surface area contributed by atoms with Crippen molar-refractivity contribution >= 4 is 22.0 Å². The summed E-state index contributed by atoms with van der Waals surface area (Å²) in [5.41, 5.74) is 0.487. The largest absolute Gasteiger partial charge is 0.244 e. The van der Waals surface area contributed by atoms with Crippen LogP contribution in [0.2, 0.25) is 0 Å². The number of thiol groups is 2. The first kappa shape index (κ1) is 12.7. The van der Waals surface area contributed by atoms with E-state index in [1.165, 1.54) is 0 Å². The van der Waals surface area contributed by atoms with Crippen LogP contribution in [-0.2, 0) is 0 Å². The summed E-state index contributed by atoms with van der Waals surface area (Å²) in [7, 11) is -0.407. The lowest BCUT2D eigenvalue weighted by atomic mass is 10.1. The molecule has 1 heterocycles. The Kier molecular flexibility index (Phi) is 3.52. The molecule has 2 nitrogen and oxygen atoms in total. The second-order valence-corrected chi connectivity index (χ2v) is 8.43. The Morgan fingerprint density at radius 3 is 1.29 bits per heavy atom. The molecule has 1 fully saturated rings. The third-order valence-electron chi connectivity index (χ3n) is 2.50. The summed E-state index contributed by atoms with van der Waals surface area (Å²) in [6.45, 7) is 15.9. The predicted molar refractivity (Wildman–Crippen MR) is 70.9 cm³/mol. The summed E-state index contributed by atoms with van der Waals surface area (Å²) in [6.07, 6.45) is 0. The molecule has 0 aromatic rings. The Hall–Kier alpha value is 0.620. The van der Waals surface area contributed by atoms with Gasteiger partial charge in [-0.05, 0) is 41.5 Å². The molecule has 0 amide bonds. The fraction of sp³-hybridized carbons (Fsp3) is 1.00. The van der Waals surface area contributed by atoms with E-state index in [0.717, 1.165) is 13.1 Å². The number of rotatable bonds is 0. The fourth-order valence-corrected chi connectivity index (χ4v) is 5.72. The summed E-state index contributed by atoms with van der Waals surface area (Å²) in [6, 6.07) is 0. The maximum absolute atomic E-state index is 4.79. The number of hydrogen-bond acceptors (Lipinski definition) is 3. The molecule has 0 aromatic heterocycles. The SMILES string of the molecule is CC(C)(C)N1CCN(C(C)(C)C)[SH]1S. The van der Waals surface area contributed by atoms with Crippen molar-refractivity contribution in [2.45, 2.75) is 52.6 Å². The number of hydrogen-bond donors (Lipinski definition) is 2. The summed E-state index contributed by atoms with van der Waals surface area (Å²) in [5.74, 6) is 0. The molecule has 0 bridgehead atoms. The molecule has 0 saturated carbocycles. The predicted octanol–water partition coefficient (Wildman–Crippen LogP) is 2.88. The van der Waals surface area contributed by atoms with E-state index < -0.39 is 10.3 Å². The first-order chi connectivity index (χ1) is 6.14. The van der Waals surface area contributed by atoms with Crippen molar-refractivity contribution in [1.82, 2.24) is 8.61 Å². The average molecular weight is 236 g/mol. The van der Waals surface area contributed by atoms with Crippen LogP contribution in [0.4, 0.5) is 0 Å². The van der Waals surface area contributed by atoms with Gasteiger partial charge >= 0.3 is 0 Å². The van der Waals surface area contributed by atoms with E-state index in [-0.39, 0.29) is 11.1 Å². The van der Waals surface area contributed by atoms with Crippen LogP contribution in [0.5, 0.6) is 0 Å². The van der Waals surface area contributed by atoms with Gasteiger partial charge in [0.25, 0.3) is 0 Å². The fourth-order valence-electron chi connectivity index (χ4n) is 1.71. The van der Waals surface area contributed by atoms with Gasteiger partial charge in [-0.3, -0.25) is 0 Å². The lowest BCUT2D eigenvalue weighted by Crippen LogP contribution is -2.38. The monoisotopic (exact) mass is 236 g/mol. The van der Waals surface area contributed by atoms with Crippen molar-refractivity contribution in [2.75, 3.05) is 13.1 Å². The standard InChI is InChI=1S/C10H24N2S2/c1-9(2,3)11-7-8-12(14(11)13)10(4,5)6/h13-14H,7-8H2,1-6H3. The normalized spacial score (nSPS) is 24.6. The van der Waals surface area contributed by atoms with Crippen molar-refractivity contribution < 1.29 is 0 Å². The van der Waals surface area contributed by atoms with E-state index in [1.54, 1.807) is 0 Å². The summed E-state index contributed by atoms with van der Waals surface area (Å²) in [4.78, 5) is 0. The Morgan fingerprint density at radius 2 is 1.14 bits per heavy atom. The first-order valence-electron chi connectivity index (χ1n) is 5.18. The molecule has 0 N–H and O–H groups in total. The van der Waals surface area contributed by atoms with Crippen LogP contribution in [0.1, 0.15) is 41.5 Å². The van der Waals surface area contributed by atoms with Gasteiger partial charge in [0.1, 0.15) is 0 Å². The Labute approximate surface area is 96.5 Å². The van der Waals surface area contributed by atoms with Gasteiger partial charge in [-0.2, -0.15) is 0 Å². The van der Waals surface area contributed by atoms with Crippen LogP contribution >= 0.6 is 22.0 Å². The smallest absolute Gasteiger partial charge is 0.0234 e. The molecule has 0 aromatic carbocycles. The maximum Gasteiger partial charge on any atom is 0.0234 e. The van der Waals surface area contributed by atoms with Gasteiger partial charge in [0.05, 0.1) is 0 Å². The molecule has 1 aliphatic rings. The average Bonchev–Trinajstić information content (AvgIpc) is 2.26. The molecule has 0 atom stereocenters. The van der Waals surface area contributed by atoms with Crippen LogP contribution in [0.25, 0.3) is 0 Å². The second kappa shape index (κ2) is 3.89. The van der Waals surface area contributed by atoms with E-state index in [0.29, 0.717) is 0 Å². The summed E-state index contributed by atoms with van der Waals surface area (Å²) >= 11 is 4.79. The zero-order chi connectivity index (χ0) is 11.1. The van der Waals surface area contributed by atoms with E-state index >= 15 is 0 Å². The maximum atomic E-state index is 4.79. The molecule has 0 spiro atoms. The zero-order valence-electron chi connectivity index (χ0n) is 10.2. The number of nitrogens with zero attached hydrogens (tertiary/aromatic N) is 2. The third-order valence-corrected chi connectivity index (χ3v) is 6.26. The van der Waals surface area contributed by atoms with E-state index in [4.69, 9.17) is 11.7 Å². The molecule has 14 heavy (non-hydrogen) atoms. The first-order valence-corrected chi connectivity index (χ1v) is 7.58. The minimum atomic E-state index is -0.407. The highest BCUT2D eigenvalue weighted by Crippen LogP contribution is 2.50. The van der Waals surface area contributed by atoms with Crippen LogP contribution in [0, 0.1) is 0 Å². The molecule has 0 aliphatic carbocycles. The molecule has 86 valence electrons. The van der Waals surface area contributed by atoms with Crippen LogP contribution in [-0.4, -0.2) is 32.8 Å². The van der Waals surface area contributed by atoms with E-state index in [9.17, 15) is 0 Å². The van der Waals surface area contributed by atoms with E-state index in [1.807, 2.05) is 0 Å². The second-order valence-electron chi connectivity index (χ2n) is 5.86. The van der Waals surface area contributed by atoms with Gasteiger partial charge < -0.3 is 0 Å². The van der Waals surface area contributed by atoms with Gasteiger partial charge in [-0.25, -0.2) is 8.61 Å². The van der Waals surface area contributed by atoms with Gasteiger partial charge in [0.2, 0.25) is 0 Å². The zero-order valence-corrected chi connectivity index (χ0v) is 12.0. The van der Waals surface area contributed by atoms with Crippen molar-refractivity contribution in [1.29, 1.82) is 0 Å². The van der Waals surface area contributed by atoms with Gasteiger partial charge in [0.15, 0.2) is 0 Å². The molecule has 4 heteroatoms. The van der Waals surface area contributed by atoms with Gasteiger partial charge in [-0.1, -0.05) is 10.3 Å². The van der Waals surface area contributed by atoms with Crippen molar-refractivity contribution in [3.8, 4) is 0 Å². The molecule has 0 unspecified atom stereocenters. The molecular formula is C10H24N2S2. The van der Waals surface area contributed by atoms with Crippen molar-refractivity contribution in [3.63, 3.8) is 0 Å². The van der Waals surface area contributed by atoms with E-state index in [2.05, 4.69) is 50.2 Å². The lowest BCUT2D eigenvalue weighted by molar-refractivity contribution is 0.271. The minimum absolute atomic E-state index is 0.244. The van der Waals surface area contributed by atoms with Crippen molar-refractivity contribution in [2.24, 2.45) is 0 Å².